The number of hydrogen-bond donors (Lipinski definition) is 1. The Hall–Kier alpha value is -2.19. The van der Waals surface area contributed by atoms with Crippen LogP contribution in [-0.4, -0.2) is 90.3 Å². The number of piperazine rings is 1. The van der Waals surface area contributed by atoms with E-state index < -0.39 is 5.97 Å². The van der Waals surface area contributed by atoms with Gasteiger partial charge in [0, 0.05) is 57.3 Å². The van der Waals surface area contributed by atoms with Crippen molar-refractivity contribution in [1.82, 2.24) is 14.8 Å². The molecule has 8 heteroatoms. The predicted molar refractivity (Wildman–Crippen MR) is 96.1 cm³/mol. The zero-order chi connectivity index (χ0) is 18.4. The molecule has 0 unspecified atom stereocenters. The Bertz CT molecular complexity index is 596. The number of carbonyl (C=O) groups excluding carboxylic acids is 1. The number of hydrogen-bond acceptors (Lipinski definition) is 6. The van der Waals surface area contributed by atoms with Gasteiger partial charge in [0.05, 0.1) is 12.6 Å². The van der Waals surface area contributed by atoms with Crippen LogP contribution in [0.5, 0.6) is 0 Å². The van der Waals surface area contributed by atoms with E-state index in [1.807, 2.05) is 17.0 Å². The molecule has 0 aromatic carbocycles. The summed E-state index contributed by atoms with van der Waals surface area (Å²) < 4.78 is 5.32. The van der Waals surface area contributed by atoms with Crippen molar-refractivity contribution in [2.24, 2.45) is 0 Å². The lowest BCUT2D eigenvalue weighted by atomic mass is 10.1. The van der Waals surface area contributed by atoms with Crippen molar-refractivity contribution < 1.29 is 19.4 Å². The maximum absolute atomic E-state index is 12.5. The molecular weight excluding hydrogens is 336 g/mol. The summed E-state index contributed by atoms with van der Waals surface area (Å²) in [6.45, 7) is 5.01. The Morgan fingerprint density at radius 1 is 1.08 bits per heavy atom. The van der Waals surface area contributed by atoms with Crippen molar-refractivity contribution in [3.8, 4) is 0 Å². The lowest BCUT2D eigenvalue weighted by Crippen LogP contribution is -2.51. The van der Waals surface area contributed by atoms with Crippen LogP contribution >= 0.6 is 0 Å². The lowest BCUT2D eigenvalue weighted by molar-refractivity contribution is -0.147. The second-order valence-corrected chi connectivity index (χ2v) is 6.75. The van der Waals surface area contributed by atoms with Crippen molar-refractivity contribution in [2.45, 2.75) is 18.9 Å². The van der Waals surface area contributed by atoms with Gasteiger partial charge in [-0.2, -0.15) is 0 Å². The average molecular weight is 362 g/mol. The number of nitrogens with zero attached hydrogens (tertiary/aromatic N) is 4. The summed E-state index contributed by atoms with van der Waals surface area (Å²) in [5.74, 6) is -0.798. The van der Waals surface area contributed by atoms with Crippen LogP contribution in [0, 0.1) is 0 Å². The van der Waals surface area contributed by atoms with Gasteiger partial charge < -0.3 is 19.6 Å². The highest BCUT2D eigenvalue weighted by atomic mass is 16.5. The third kappa shape index (κ3) is 5.15. The van der Waals surface area contributed by atoms with E-state index in [9.17, 15) is 9.59 Å². The minimum Gasteiger partial charge on any atom is -0.480 e. The number of carbonyl (C=O) groups is 2. The Balaban J connectivity index is 1.38. The Kier molecular flexibility index (Phi) is 6.40. The summed E-state index contributed by atoms with van der Waals surface area (Å²) in [6.07, 6.45) is 4.95. The molecule has 0 aliphatic carbocycles. The Morgan fingerprint density at radius 3 is 2.35 bits per heavy atom. The summed E-state index contributed by atoms with van der Waals surface area (Å²) >= 11 is 0. The molecule has 0 spiro atoms. The van der Waals surface area contributed by atoms with Crippen molar-refractivity contribution in [1.29, 1.82) is 0 Å². The number of carboxylic acid groups (broad SMARTS) is 1. The van der Waals surface area contributed by atoms with Gasteiger partial charge in [-0.25, -0.2) is 4.79 Å². The smallest absolute Gasteiger partial charge is 0.329 e. The standard InChI is InChI=1S/C18H26N4O4/c23-17(22-7-3-16(4-8-22)26-14-18(24)25)13-20-9-11-21(12-10-20)15-1-5-19-6-2-15/h1-2,5-6,16H,3-4,7-14H2,(H,24,25). The second-order valence-electron chi connectivity index (χ2n) is 6.75. The van der Waals surface area contributed by atoms with Crippen molar-refractivity contribution in [3.05, 3.63) is 24.5 Å². The number of likely N-dealkylation sites (tertiary alicyclic amines) is 1. The molecule has 1 aromatic rings. The first-order chi connectivity index (χ1) is 12.6. The highest BCUT2D eigenvalue weighted by molar-refractivity contribution is 5.78. The van der Waals surface area contributed by atoms with E-state index in [4.69, 9.17) is 9.84 Å². The number of pyridine rings is 1. The Morgan fingerprint density at radius 2 is 1.73 bits per heavy atom. The fourth-order valence-electron chi connectivity index (χ4n) is 3.47. The number of anilines is 1. The molecule has 1 aromatic heterocycles. The fourth-order valence-corrected chi connectivity index (χ4v) is 3.47. The molecule has 2 aliphatic heterocycles. The van der Waals surface area contributed by atoms with Gasteiger partial charge >= 0.3 is 5.97 Å². The van der Waals surface area contributed by atoms with Crippen LogP contribution in [0.3, 0.4) is 0 Å². The first kappa shape index (κ1) is 18.6. The summed E-state index contributed by atoms with van der Waals surface area (Å²) in [6, 6.07) is 4.02. The number of rotatable bonds is 6. The number of aliphatic carboxylic acids is 1. The molecule has 3 heterocycles. The van der Waals surface area contributed by atoms with Crippen LogP contribution in [0.4, 0.5) is 5.69 Å². The average Bonchev–Trinajstić information content (AvgIpc) is 2.68. The molecule has 1 amide bonds. The zero-order valence-electron chi connectivity index (χ0n) is 14.9. The first-order valence-electron chi connectivity index (χ1n) is 9.10. The molecular formula is C18H26N4O4. The normalized spacial score (nSPS) is 19.5. The molecule has 0 bridgehead atoms. The molecule has 142 valence electrons. The van der Waals surface area contributed by atoms with Gasteiger partial charge in [-0.1, -0.05) is 0 Å². The zero-order valence-corrected chi connectivity index (χ0v) is 14.9. The van der Waals surface area contributed by atoms with Crippen LogP contribution in [0.25, 0.3) is 0 Å². The van der Waals surface area contributed by atoms with Crippen molar-refractivity contribution in [3.63, 3.8) is 0 Å². The molecule has 0 radical (unpaired) electrons. The van der Waals surface area contributed by atoms with E-state index in [2.05, 4.69) is 14.8 Å². The van der Waals surface area contributed by atoms with Gasteiger partial charge in [-0.05, 0) is 25.0 Å². The monoisotopic (exact) mass is 362 g/mol. The molecule has 2 aliphatic rings. The first-order valence-corrected chi connectivity index (χ1v) is 9.10. The van der Waals surface area contributed by atoms with E-state index in [1.54, 1.807) is 12.4 Å². The van der Waals surface area contributed by atoms with Crippen molar-refractivity contribution >= 4 is 17.6 Å². The predicted octanol–water partition coefficient (Wildman–Crippen LogP) is 0.296. The topological polar surface area (TPSA) is 86.2 Å². The quantitative estimate of drug-likeness (QED) is 0.779. The van der Waals surface area contributed by atoms with Gasteiger partial charge in [0.2, 0.25) is 5.91 Å². The van der Waals surface area contributed by atoms with Gasteiger partial charge in [0.25, 0.3) is 0 Å². The van der Waals surface area contributed by atoms with Crippen LogP contribution in [-0.2, 0) is 14.3 Å². The van der Waals surface area contributed by atoms with Gasteiger partial charge in [0.1, 0.15) is 6.61 Å². The molecule has 0 atom stereocenters. The number of aromatic nitrogens is 1. The van der Waals surface area contributed by atoms with Crippen LogP contribution in [0.1, 0.15) is 12.8 Å². The summed E-state index contributed by atoms with van der Waals surface area (Å²) in [5, 5.41) is 8.66. The van der Waals surface area contributed by atoms with Crippen LogP contribution in [0.15, 0.2) is 24.5 Å². The van der Waals surface area contributed by atoms with E-state index in [1.165, 1.54) is 5.69 Å². The van der Waals surface area contributed by atoms with Gasteiger partial charge in [-0.3, -0.25) is 14.7 Å². The number of piperidine rings is 1. The SMILES string of the molecule is O=C(O)COC1CCN(C(=O)CN2CCN(c3ccncc3)CC2)CC1. The number of ether oxygens (including phenoxy) is 1. The number of amides is 1. The van der Waals surface area contributed by atoms with Gasteiger partial charge in [0.15, 0.2) is 0 Å². The maximum atomic E-state index is 12.5. The molecule has 26 heavy (non-hydrogen) atoms. The third-order valence-corrected chi connectivity index (χ3v) is 5.00. The van der Waals surface area contributed by atoms with Crippen LogP contribution < -0.4 is 4.90 Å². The van der Waals surface area contributed by atoms with E-state index in [-0.39, 0.29) is 18.6 Å². The second kappa shape index (κ2) is 8.95. The lowest BCUT2D eigenvalue weighted by Gasteiger charge is -2.37. The molecule has 3 rings (SSSR count). The summed E-state index contributed by atoms with van der Waals surface area (Å²) in [5.41, 5.74) is 1.18. The van der Waals surface area contributed by atoms with Gasteiger partial charge in [-0.15, -0.1) is 0 Å². The highest BCUT2D eigenvalue weighted by Crippen LogP contribution is 2.16. The van der Waals surface area contributed by atoms with E-state index in [0.29, 0.717) is 32.5 Å². The third-order valence-electron chi connectivity index (χ3n) is 5.00. The van der Waals surface area contributed by atoms with E-state index in [0.717, 1.165) is 26.2 Å². The van der Waals surface area contributed by atoms with Crippen molar-refractivity contribution in [2.75, 3.05) is 57.3 Å². The minimum absolute atomic E-state index is 0.0564. The summed E-state index contributed by atoms with van der Waals surface area (Å²) in [7, 11) is 0. The molecule has 8 nitrogen and oxygen atoms in total. The molecule has 2 saturated heterocycles. The molecule has 2 fully saturated rings. The van der Waals surface area contributed by atoms with Crippen LogP contribution in [0.2, 0.25) is 0 Å². The van der Waals surface area contributed by atoms with E-state index >= 15 is 0 Å². The fraction of sp³-hybridized carbons (Fsp3) is 0.611. The summed E-state index contributed by atoms with van der Waals surface area (Å²) in [4.78, 5) is 33.5. The molecule has 1 N–H and O–H groups in total. The highest BCUT2D eigenvalue weighted by Gasteiger charge is 2.26. The Labute approximate surface area is 153 Å². The largest absolute Gasteiger partial charge is 0.480 e. The minimum atomic E-state index is -0.950. The molecule has 0 saturated carbocycles. The number of carboxylic acids is 1. The maximum Gasteiger partial charge on any atom is 0.329 e.